The van der Waals surface area contributed by atoms with E-state index in [4.69, 9.17) is 33.2 Å². The molecule has 286 valence electrons. The van der Waals surface area contributed by atoms with Crippen LogP contribution in [0.1, 0.15) is 80.1 Å². The van der Waals surface area contributed by atoms with Crippen LogP contribution in [0.25, 0.3) is 0 Å². The van der Waals surface area contributed by atoms with Gasteiger partial charge in [0.1, 0.15) is 6.10 Å². The summed E-state index contributed by atoms with van der Waals surface area (Å²) in [6, 6.07) is 7.69. The third-order valence-corrected chi connectivity index (χ3v) is 12.4. The third kappa shape index (κ3) is 7.62. The van der Waals surface area contributed by atoms with E-state index in [-0.39, 0.29) is 55.8 Å². The Hall–Kier alpha value is -4.53. The van der Waals surface area contributed by atoms with E-state index in [2.05, 4.69) is 16.0 Å². The number of cyclic esters (lactones) is 1. The van der Waals surface area contributed by atoms with Crippen LogP contribution >= 0.6 is 11.8 Å². The summed E-state index contributed by atoms with van der Waals surface area (Å²) < 4.78 is 40.1. The first-order valence-electron chi connectivity index (χ1n) is 18.3. The molecule has 3 saturated heterocycles. The second-order valence-corrected chi connectivity index (χ2v) is 15.3. The number of rotatable bonds is 16. The summed E-state index contributed by atoms with van der Waals surface area (Å²) in [5.74, 6) is 1.08. The number of methoxy groups -OCH3 is 3. The van der Waals surface area contributed by atoms with Crippen molar-refractivity contribution in [3.63, 3.8) is 0 Å². The van der Waals surface area contributed by atoms with E-state index < -0.39 is 23.9 Å². The Bertz CT molecular complexity index is 1700. The van der Waals surface area contributed by atoms with Crippen molar-refractivity contribution in [1.29, 1.82) is 0 Å². The van der Waals surface area contributed by atoms with Crippen LogP contribution in [-0.4, -0.2) is 88.2 Å². The molecule has 7 atom stereocenters. The third-order valence-electron chi connectivity index (χ3n) is 10.9. The van der Waals surface area contributed by atoms with Gasteiger partial charge in [0.25, 0.3) is 0 Å². The molecule has 0 aromatic heterocycles. The molecular formula is C38H47N3O11S. The number of thioether (sulfide) groups is 1. The SMILES string of the molecule is COc1cc([C@@H]2c3cc4c(cc3[C@H](OC(=O)CCCCCNC(=O)CCCC[C@@H]3SC[C@H]5NC(=O)N[C@@H]35)[C@H]3COC(=O)[C@@H]23)OCO4)cc(OC)c1OC. The smallest absolute Gasteiger partial charge is 0.315 e. The number of nitrogens with one attached hydrogen (secondary N) is 3. The summed E-state index contributed by atoms with van der Waals surface area (Å²) in [6.07, 6.45) is 4.75. The van der Waals surface area contributed by atoms with E-state index in [1.807, 2.05) is 36.0 Å². The van der Waals surface area contributed by atoms with Crippen LogP contribution in [-0.2, 0) is 23.9 Å². The fraction of sp³-hybridized carbons (Fsp3) is 0.579. The molecule has 0 radical (unpaired) electrons. The quantitative estimate of drug-likeness (QED) is 0.126. The zero-order chi connectivity index (χ0) is 37.1. The molecule has 2 aromatic carbocycles. The van der Waals surface area contributed by atoms with Gasteiger partial charge in [-0.15, -0.1) is 0 Å². The number of carbonyl (C=O) groups excluding carboxylic acids is 4. The molecular weight excluding hydrogens is 706 g/mol. The highest BCUT2D eigenvalue weighted by Gasteiger charge is 2.54. The van der Waals surface area contributed by atoms with Gasteiger partial charge < -0.3 is 49.1 Å². The lowest BCUT2D eigenvalue weighted by molar-refractivity contribution is -0.154. The minimum atomic E-state index is -0.733. The van der Waals surface area contributed by atoms with Crippen molar-refractivity contribution in [1.82, 2.24) is 16.0 Å². The molecule has 4 aliphatic heterocycles. The van der Waals surface area contributed by atoms with Gasteiger partial charge in [-0.25, -0.2) is 4.79 Å². The predicted octanol–water partition coefficient (Wildman–Crippen LogP) is 4.36. The van der Waals surface area contributed by atoms with Crippen LogP contribution in [0.5, 0.6) is 28.7 Å². The normalized spacial score (nSPS) is 26.1. The first-order valence-corrected chi connectivity index (χ1v) is 19.4. The van der Waals surface area contributed by atoms with Crippen molar-refractivity contribution in [2.75, 3.05) is 47.0 Å². The zero-order valence-electron chi connectivity index (χ0n) is 30.2. The maximum Gasteiger partial charge on any atom is 0.315 e. The number of benzene rings is 2. The molecule has 14 nitrogen and oxygen atoms in total. The van der Waals surface area contributed by atoms with Crippen LogP contribution in [0.4, 0.5) is 4.79 Å². The number of carbonyl (C=O) groups is 4. The fourth-order valence-electron chi connectivity index (χ4n) is 8.31. The molecule has 5 aliphatic rings. The Balaban J connectivity index is 0.930. The Kier molecular flexibility index (Phi) is 11.3. The van der Waals surface area contributed by atoms with Crippen molar-refractivity contribution in [2.45, 2.75) is 80.7 Å². The standard InChI is InChI=1S/C38H47N3O11S/c1-46-27-13-20(14-28(47-2)36(27)48-3)32-21-15-25-26(51-19-50-25)16-22(21)35(23-17-49-37(44)33(23)32)52-31(43)11-5-4-8-12-39-30(42)10-7-6-9-29-34-24(18-53-29)40-38(45)41-34/h13-16,23-24,29,32-35H,4-12,17-19H2,1-3H3,(H,39,42)(H2,40,41,45)/t23-,24+,29-,32+,33+,34+,35-/m0/s1. The van der Waals surface area contributed by atoms with Gasteiger partial charge in [0.05, 0.1) is 45.9 Å². The Morgan fingerprint density at radius 1 is 0.868 bits per heavy atom. The number of fused-ring (bicyclic) bond motifs is 4. The van der Waals surface area contributed by atoms with Crippen molar-refractivity contribution in [3.05, 3.63) is 41.0 Å². The van der Waals surface area contributed by atoms with Gasteiger partial charge in [0, 0.05) is 47.8 Å². The van der Waals surface area contributed by atoms with Gasteiger partial charge >= 0.3 is 18.0 Å². The molecule has 0 saturated carbocycles. The molecule has 0 spiro atoms. The van der Waals surface area contributed by atoms with Crippen LogP contribution < -0.4 is 39.6 Å². The average Bonchev–Trinajstić information content (AvgIpc) is 3.95. The Morgan fingerprint density at radius 3 is 2.34 bits per heavy atom. The molecule has 4 heterocycles. The summed E-state index contributed by atoms with van der Waals surface area (Å²) in [6.45, 7) is 0.710. The monoisotopic (exact) mass is 753 g/mol. The molecule has 7 rings (SSSR count). The van der Waals surface area contributed by atoms with Crippen LogP contribution in [0.2, 0.25) is 0 Å². The Morgan fingerprint density at radius 2 is 1.60 bits per heavy atom. The van der Waals surface area contributed by atoms with E-state index in [1.54, 1.807) is 0 Å². The highest BCUT2D eigenvalue weighted by Crippen LogP contribution is 2.56. The first-order chi connectivity index (χ1) is 25.8. The van der Waals surface area contributed by atoms with Crippen LogP contribution in [0.3, 0.4) is 0 Å². The average molecular weight is 754 g/mol. The van der Waals surface area contributed by atoms with E-state index in [1.165, 1.54) is 21.3 Å². The van der Waals surface area contributed by atoms with E-state index in [0.717, 1.165) is 54.5 Å². The lowest BCUT2D eigenvalue weighted by Crippen LogP contribution is -2.36. The molecule has 3 N–H and O–H groups in total. The summed E-state index contributed by atoms with van der Waals surface area (Å²) in [7, 11) is 4.61. The molecule has 1 aliphatic carbocycles. The number of ether oxygens (including phenoxy) is 7. The van der Waals surface area contributed by atoms with Crippen LogP contribution in [0.15, 0.2) is 24.3 Å². The van der Waals surface area contributed by atoms with Gasteiger partial charge in [-0.05, 0) is 61.1 Å². The van der Waals surface area contributed by atoms with Gasteiger partial charge in [-0.2, -0.15) is 11.8 Å². The molecule has 53 heavy (non-hydrogen) atoms. The zero-order valence-corrected chi connectivity index (χ0v) is 31.1. The first kappa shape index (κ1) is 36.8. The van der Waals surface area contributed by atoms with Crippen molar-refractivity contribution in [3.8, 4) is 28.7 Å². The van der Waals surface area contributed by atoms with Crippen LogP contribution in [0, 0.1) is 11.8 Å². The van der Waals surface area contributed by atoms with Gasteiger partial charge in [0.15, 0.2) is 23.0 Å². The number of hydrogen-bond donors (Lipinski definition) is 3. The summed E-state index contributed by atoms with van der Waals surface area (Å²) in [5, 5.41) is 9.35. The second kappa shape index (κ2) is 16.2. The minimum absolute atomic E-state index is 0.0294. The maximum atomic E-state index is 13.4. The maximum absolute atomic E-state index is 13.4. The largest absolute Gasteiger partial charge is 0.493 e. The molecule has 0 unspecified atom stereocenters. The fourth-order valence-corrected chi connectivity index (χ4v) is 9.85. The van der Waals surface area contributed by atoms with E-state index in [0.29, 0.717) is 53.4 Å². The lowest BCUT2D eigenvalue weighted by Gasteiger charge is -2.38. The lowest BCUT2D eigenvalue weighted by atomic mass is 9.66. The van der Waals surface area contributed by atoms with Gasteiger partial charge in [-0.3, -0.25) is 14.4 Å². The molecule has 0 bridgehead atoms. The molecule has 3 fully saturated rings. The highest BCUT2D eigenvalue weighted by atomic mass is 32.2. The number of esters is 2. The van der Waals surface area contributed by atoms with Gasteiger partial charge in [0.2, 0.25) is 18.4 Å². The van der Waals surface area contributed by atoms with Crippen molar-refractivity contribution < 1.29 is 52.3 Å². The Labute approximate surface area is 312 Å². The number of amides is 3. The number of hydrogen-bond acceptors (Lipinski definition) is 12. The molecule has 15 heteroatoms. The van der Waals surface area contributed by atoms with Crippen molar-refractivity contribution >= 4 is 35.6 Å². The summed E-state index contributed by atoms with van der Waals surface area (Å²) >= 11 is 1.89. The van der Waals surface area contributed by atoms with Crippen molar-refractivity contribution in [2.24, 2.45) is 11.8 Å². The molecule has 2 aromatic rings. The van der Waals surface area contributed by atoms with Gasteiger partial charge in [-0.1, -0.05) is 12.8 Å². The minimum Gasteiger partial charge on any atom is -0.493 e. The van der Waals surface area contributed by atoms with E-state index in [9.17, 15) is 19.2 Å². The van der Waals surface area contributed by atoms with E-state index >= 15 is 0 Å². The second-order valence-electron chi connectivity index (χ2n) is 14.0. The summed E-state index contributed by atoms with van der Waals surface area (Å²) in [5.41, 5.74) is 2.25. The molecule has 3 amide bonds. The highest BCUT2D eigenvalue weighted by molar-refractivity contribution is 8.00. The summed E-state index contributed by atoms with van der Waals surface area (Å²) in [4.78, 5) is 50.7. The number of urea groups is 1. The predicted molar refractivity (Wildman–Crippen MR) is 193 cm³/mol. The topological polar surface area (TPSA) is 169 Å². The number of unbranched alkanes of at least 4 members (excludes halogenated alkanes) is 3.